The predicted molar refractivity (Wildman–Crippen MR) is 172 cm³/mol. The van der Waals surface area contributed by atoms with E-state index in [1.165, 1.54) is 46.9 Å². The van der Waals surface area contributed by atoms with Crippen molar-refractivity contribution in [2.24, 2.45) is 35.5 Å². The monoisotopic (exact) mass is 566 g/mol. The van der Waals surface area contributed by atoms with E-state index >= 15 is 0 Å². The maximum absolute atomic E-state index is 6.88. The van der Waals surface area contributed by atoms with Gasteiger partial charge in [-0.15, -0.1) is 0 Å². The topological polar surface area (TPSA) is 18.5 Å². The van der Waals surface area contributed by atoms with Gasteiger partial charge in [-0.25, -0.2) is 9.05 Å². The Hall–Kier alpha value is -2.34. The number of hydrogen-bond donors (Lipinski definition) is 0. The van der Waals surface area contributed by atoms with E-state index in [0.717, 1.165) is 36.9 Å². The van der Waals surface area contributed by atoms with E-state index in [9.17, 15) is 0 Å². The van der Waals surface area contributed by atoms with Crippen LogP contribution in [0.25, 0.3) is 0 Å². The van der Waals surface area contributed by atoms with Crippen molar-refractivity contribution in [1.82, 2.24) is 0 Å². The Morgan fingerprint density at radius 1 is 0.450 bits per heavy atom. The summed E-state index contributed by atoms with van der Waals surface area (Å²) in [6, 6.07) is 43.6. The highest BCUT2D eigenvalue weighted by molar-refractivity contribution is 7.68. The van der Waals surface area contributed by atoms with Crippen molar-refractivity contribution < 1.29 is 9.05 Å². The minimum absolute atomic E-state index is 0.695. The summed E-state index contributed by atoms with van der Waals surface area (Å²) in [5.41, 5.74) is 0. The molecular formula is C36H40O2P2+2. The highest BCUT2D eigenvalue weighted by Gasteiger charge is 2.56. The zero-order valence-corrected chi connectivity index (χ0v) is 25.1. The highest BCUT2D eigenvalue weighted by atomic mass is 31.1. The van der Waals surface area contributed by atoms with Gasteiger partial charge >= 0.3 is 0 Å². The van der Waals surface area contributed by atoms with E-state index in [-0.39, 0.29) is 0 Å². The molecule has 0 saturated heterocycles. The summed E-state index contributed by atoms with van der Waals surface area (Å²) in [5.74, 6) is 4.92. The van der Waals surface area contributed by atoms with E-state index in [1.807, 2.05) is 0 Å². The predicted octanol–water partition coefficient (Wildman–Crippen LogP) is 6.88. The van der Waals surface area contributed by atoms with Crippen molar-refractivity contribution in [2.75, 3.05) is 13.2 Å². The first-order valence-corrected chi connectivity index (χ1v) is 17.9. The first-order chi connectivity index (χ1) is 19.8. The fourth-order valence-corrected chi connectivity index (χ4v) is 12.2. The molecule has 7 rings (SSSR count). The summed E-state index contributed by atoms with van der Waals surface area (Å²) in [7, 11) is -2.44. The molecule has 4 heteroatoms. The first-order valence-electron chi connectivity index (χ1n) is 15.0. The minimum Gasteiger partial charge on any atom is -0.229 e. The molecule has 3 aliphatic carbocycles. The summed E-state index contributed by atoms with van der Waals surface area (Å²) in [4.78, 5) is 0. The lowest BCUT2D eigenvalue weighted by Crippen LogP contribution is -2.28. The first kappa shape index (κ1) is 26.6. The fraction of sp³-hybridized carbons (Fsp3) is 0.333. The fourth-order valence-electron chi connectivity index (χ4n) is 8.07. The SMILES string of the molecule is c1ccc([PH+](OCC2CC3C4CC(CO[PH+](c5ccccc5)c5ccccc5)C(C4)C3C2)c2ccccc2)cc1. The van der Waals surface area contributed by atoms with Crippen LogP contribution in [0.15, 0.2) is 121 Å². The normalized spacial score (nSPS) is 26.9. The van der Waals surface area contributed by atoms with Crippen molar-refractivity contribution in [1.29, 1.82) is 0 Å². The number of rotatable bonds is 10. The lowest BCUT2D eigenvalue weighted by atomic mass is 9.76. The summed E-state index contributed by atoms with van der Waals surface area (Å²) in [6.45, 7) is 1.82. The molecule has 6 unspecified atom stereocenters. The van der Waals surface area contributed by atoms with Crippen LogP contribution in [0.4, 0.5) is 0 Å². The Morgan fingerprint density at radius 2 is 0.875 bits per heavy atom. The highest BCUT2D eigenvalue weighted by Crippen LogP contribution is 2.62. The second kappa shape index (κ2) is 12.3. The van der Waals surface area contributed by atoms with Gasteiger partial charge in [0.25, 0.3) is 0 Å². The Kier molecular flexibility index (Phi) is 8.14. The van der Waals surface area contributed by atoms with Crippen LogP contribution < -0.4 is 21.2 Å². The van der Waals surface area contributed by atoms with Crippen molar-refractivity contribution in [3.8, 4) is 0 Å². The van der Waals surface area contributed by atoms with E-state index in [4.69, 9.17) is 9.05 Å². The van der Waals surface area contributed by atoms with Crippen LogP contribution in [0.5, 0.6) is 0 Å². The molecule has 0 aliphatic heterocycles. The molecule has 4 aromatic rings. The van der Waals surface area contributed by atoms with Crippen LogP contribution in [0.1, 0.15) is 25.7 Å². The maximum Gasteiger partial charge on any atom is 0.197 e. The second-order valence-corrected chi connectivity index (χ2v) is 16.3. The molecule has 0 aromatic heterocycles. The van der Waals surface area contributed by atoms with Crippen molar-refractivity contribution >= 4 is 37.5 Å². The molecular weight excluding hydrogens is 526 g/mol. The zero-order chi connectivity index (χ0) is 26.7. The van der Waals surface area contributed by atoms with Gasteiger partial charge in [0.15, 0.2) is 16.3 Å². The summed E-state index contributed by atoms with van der Waals surface area (Å²) in [5, 5.41) is 5.41. The van der Waals surface area contributed by atoms with Gasteiger partial charge in [0.2, 0.25) is 0 Å². The standard InChI is InChI=1S/C36H38O2P2/c1-5-13-30(14-6-1)39(31-15-7-2-8-16-31)37-25-27-21-34-28-23-29(35(24-28)36(34)22-27)26-38-40(32-17-9-3-10-18-32)33-19-11-4-12-20-33/h1-20,27-29,34-36H,21-26H2/p+2. The summed E-state index contributed by atoms with van der Waals surface area (Å²) < 4.78 is 13.7. The molecule has 204 valence electrons. The molecule has 40 heavy (non-hydrogen) atoms. The third-order valence-corrected chi connectivity index (χ3v) is 14.1. The van der Waals surface area contributed by atoms with Crippen LogP contribution >= 0.6 is 16.3 Å². The smallest absolute Gasteiger partial charge is 0.197 e. The Balaban J connectivity index is 0.993. The Morgan fingerprint density at radius 3 is 1.35 bits per heavy atom. The van der Waals surface area contributed by atoms with Crippen LogP contribution in [-0.4, -0.2) is 13.2 Å². The maximum atomic E-state index is 6.88. The molecule has 6 atom stereocenters. The number of fused-ring (bicyclic) bond motifs is 5. The summed E-state index contributed by atoms with van der Waals surface area (Å²) in [6.07, 6.45) is 5.50. The molecule has 3 saturated carbocycles. The molecule has 0 spiro atoms. The van der Waals surface area contributed by atoms with Gasteiger partial charge in [0.1, 0.15) is 21.2 Å². The molecule has 0 heterocycles. The van der Waals surface area contributed by atoms with Crippen LogP contribution in [0.3, 0.4) is 0 Å². The van der Waals surface area contributed by atoms with Gasteiger partial charge in [-0.2, -0.15) is 0 Å². The molecule has 0 N–H and O–H groups in total. The number of hydrogen-bond acceptors (Lipinski definition) is 2. The van der Waals surface area contributed by atoms with Gasteiger partial charge in [0, 0.05) is 0 Å². The third-order valence-electron chi connectivity index (χ3n) is 9.75. The lowest BCUT2D eigenvalue weighted by Gasteiger charge is -2.31. The van der Waals surface area contributed by atoms with Crippen molar-refractivity contribution in [3.05, 3.63) is 121 Å². The minimum atomic E-state index is -1.22. The third kappa shape index (κ3) is 5.57. The van der Waals surface area contributed by atoms with E-state index in [0.29, 0.717) is 11.8 Å². The molecule has 3 fully saturated rings. The van der Waals surface area contributed by atoms with Crippen LogP contribution in [0.2, 0.25) is 0 Å². The van der Waals surface area contributed by atoms with Gasteiger partial charge in [-0.3, -0.25) is 0 Å². The van der Waals surface area contributed by atoms with Gasteiger partial charge in [0.05, 0.1) is 13.2 Å². The molecule has 0 amide bonds. The van der Waals surface area contributed by atoms with Crippen LogP contribution in [-0.2, 0) is 9.05 Å². The Labute approximate surface area is 241 Å². The molecule has 4 aromatic carbocycles. The average Bonchev–Trinajstić information content (AvgIpc) is 3.72. The molecule has 2 nitrogen and oxygen atoms in total. The molecule has 3 aliphatic rings. The van der Waals surface area contributed by atoms with Gasteiger partial charge < -0.3 is 0 Å². The summed E-state index contributed by atoms with van der Waals surface area (Å²) >= 11 is 0. The van der Waals surface area contributed by atoms with Crippen LogP contribution in [0, 0.1) is 35.5 Å². The molecule has 2 bridgehead atoms. The number of benzene rings is 4. The van der Waals surface area contributed by atoms with E-state index in [1.54, 1.807) is 0 Å². The Bertz CT molecular complexity index is 1270. The average molecular weight is 567 g/mol. The second-order valence-electron chi connectivity index (χ2n) is 12.1. The van der Waals surface area contributed by atoms with Crippen molar-refractivity contribution in [3.63, 3.8) is 0 Å². The van der Waals surface area contributed by atoms with E-state index < -0.39 is 16.3 Å². The van der Waals surface area contributed by atoms with E-state index in [2.05, 4.69) is 121 Å². The lowest BCUT2D eigenvalue weighted by molar-refractivity contribution is 0.140. The van der Waals surface area contributed by atoms with Crippen molar-refractivity contribution in [2.45, 2.75) is 25.7 Å². The quantitative estimate of drug-likeness (QED) is 0.195. The largest absolute Gasteiger partial charge is 0.229 e. The van der Waals surface area contributed by atoms with Gasteiger partial charge in [-0.05, 0) is 110 Å². The molecule has 0 radical (unpaired) electrons. The van der Waals surface area contributed by atoms with Gasteiger partial charge in [-0.1, -0.05) is 72.8 Å². The zero-order valence-electron chi connectivity index (χ0n) is 23.1.